The van der Waals surface area contributed by atoms with Crippen LogP contribution in [0.2, 0.25) is 0 Å². The average Bonchev–Trinajstić information content (AvgIpc) is 2.25. The van der Waals surface area contributed by atoms with Crippen LogP contribution >= 0.6 is 15.9 Å². The third-order valence-electron chi connectivity index (χ3n) is 3.04. The summed E-state index contributed by atoms with van der Waals surface area (Å²) in [5.41, 5.74) is -0.244. The Morgan fingerprint density at radius 3 is 2.56 bits per heavy atom. The van der Waals surface area contributed by atoms with Crippen molar-refractivity contribution < 1.29 is 4.74 Å². The van der Waals surface area contributed by atoms with Crippen molar-refractivity contribution in [2.75, 3.05) is 6.61 Å². The van der Waals surface area contributed by atoms with Crippen molar-refractivity contribution in [2.24, 2.45) is 11.3 Å². The summed E-state index contributed by atoms with van der Waals surface area (Å²) in [5, 5.41) is 9.14. The number of ether oxygens (including phenoxy) is 1. The normalized spacial score (nSPS) is 27.9. The first-order valence-corrected chi connectivity index (χ1v) is 6.22. The second-order valence-electron chi connectivity index (χ2n) is 4.65. The Morgan fingerprint density at radius 2 is 2.06 bits per heavy atom. The maximum atomic E-state index is 9.14. The first-order chi connectivity index (χ1) is 7.63. The van der Waals surface area contributed by atoms with Crippen molar-refractivity contribution in [3.63, 3.8) is 0 Å². The molecule has 0 amide bonds. The van der Waals surface area contributed by atoms with E-state index < -0.39 is 0 Å². The van der Waals surface area contributed by atoms with Gasteiger partial charge in [-0.3, -0.25) is 0 Å². The molecule has 0 radical (unpaired) electrons. The van der Waals surface area contributed by atoms with Gasteiger partial charge in [-0.2, -0.15) is 5.26 Å². The highest BCUT2D eigenvalue weighted by Crippen LogP contribution is 2.45. The predicted octanol–water partition coefficient (Wildman–Crippen LogP) is 3.77. The SMILES string of the molecule is CC1CC(C#N)(COc2ccc(Br)cc2)C1. The smallest absolute Gasteiger partial charge is 0.119 e. The molecule has 3 heteroatoms. The largest absolute Gasteiger partial charge is 0.492 e. The summed E-state index contributed by atoms with van der Waals surface area (Å²) in [4.78, 5) is 0. The second kappa shape index (κ2) is 4.47. The van der Waals surface area contributed by atoms with Gasteiger partial charge in [0.2, 0.25) is 0 Å². The fourth-order valence-corrected chi connectivity index (χ4v) is 2.53. The molecule has 1 saturated carbocycles. The number of hydrogen-bond donors (Lipinski definition) is 0. The van der Waals surface area contributed by atoms with E-state index in [0.29, 0.717) is 12.5 Å². The number of halogens is 1. The zero-order chi connectivity index (χ0) is 11.6. The lowest BCUT2D eigenvalue weighted by molar-refractivity contribution is 0.0658. The fourth-order valence-electron chi connectivity index (χ4n) is 2.27. The number of rotatable bonds is 3. The van der Waals surface area contributed by atoms with E-state index in [4.69, 9.17) is 10.00 Å². The van der Waals surface area contributed by atoms with Gasteiger partial charge in [-0.25, -0.2) is 0 Å². The molecule has 0 aromatic heterocycles. The molecule has 0 N–H and O–H groups in total. The Morgan fingerprint density at radius 1 is 1.44 bits per heavy atom. The van der Waals surface area contributed by atoms with E-state index in [9.17, 15) is 0 Å². The highest BCUT2D eigenvalue weighted by atomic mass is 79.9. The minimum absolute atomic E-state index is 0.244. The Hall–Kier alpha value is -1.01. The molecule has 1 aliphatic rings. The molecule has 1 aromatic rings. The Bertz CT molecular complexity index is 401. The molecule has 2 rings (SSSR count). The summed E-state index contributed by atoms with van der Waals surface area (Å²) in [6.07, 6.45) is 1.92. The molecule has 0 aliphatic heterocycles. The van der Waals surface area contributed by atoms with Crippen molar-refractivity contribution in [1.82, 2.24) is 0 Å². The van der Waals surface area contributed by atoms with Crippen molar-refractivity contribution in [2.45, 2.75) is 19.8 Å². The lowest BCUT2D eigenvalue weighted by Gasteiger charge is -2.40. The first kappa shape index (κ1) is 11.5. The van der Waals surface area contributed by atoms with Gasteiger partial charge in [0.1, 0.15) is 12.4 Å². The van der Waals surface area contributed by atoms with Gasteiger partial charge in [0.05, 0.1) is 11.5 Å². The van der Waals surface area contributed by atoms with E-state index in [1.807, 2.05) is 24.3 Å². The molecule has 16 heavy (non-hydrogen) atoms. The van der Waals surface area contributed by atoms with Gasteiger partial charge in [-0.1, -0.05) is 22.9 Å². The minimum atomic E-state index is -0.244. The predicted molar refractivity (Wildman–Crippen MR) is 66.1 cm³/mol. The summed E-state index contributed by atoms with van der Waals surface area (Å²) in [6, 6.07) is 10.1. The summed E-state index contributed by atoms with van der Waals surface area (Å²) < 4.78 is 6.70. The Kier molecular flexibility index (Phi) is 3.20. The highest BCUT2D eigenvalue weighted by Gasteiger charge is 2.43. The minimum Gasteiger partial charge on any atom is -0.492 e. The summed E-state index contributed by atoms with van der Waals surface area (Å²) in [5.74, 6) is 1.49. The standard InChI is InChI=1S/C13H14BrNO/c1-10-6-13(7-10,8-15)9-16-12-4-2-11(14)3-5-12/h2-5,10H,6-7,9H2,1H3. The maximum absolute atomic E-state index is 9.14. The molecule has 0 unspecified atom stereocenters. The highest BCUT2D eigenvalue weighted by molar-refractivity contribution is 9.10. The zero-order valence-corrected chi connectivity index (χ0v) is 10.8. The van der Waals surface area contributed by atoms with Crippen LogP contribution in [0.15, 0.2) is 28.7 Å². The van der Waals surface area contributed by atoms with Crippen LogP contribution in [0, 0.1) is 22.7 Å². The molecule has 0 atom stereocenters. The van der Waals surface area contributed by atoms with Crippen LogP contribution < -0.4 is 4.74 Å². The van der Waals surface area contributed by atoms with Gasteiger partial charge in [-0.05, 0) is 43.0 Å². The number of hydrogen-bond acceptors (Lipinski definition) is 2. The number of nitriles is 1. The lowest BCUT2D eigenvalue weighted by Crippen LogP contribution is -2.39. The van der Waals surface area contributed by atoms with Crippen LogP contribution in [-0.4, -0.2) is 6.61 Å². The quantitative estimate of drug-likeness (QED) is 0.844. The van der Waals surface area contributed by atoms with Gasteiger partial charge >= 0.3 is 0 Å². The van der Waals surface area contributed by atoms with Crippen LogP contribution in [0.25, 0.3) is 0 Å². The van der Waals surface area contributed by atoms with E-state index in [0.717, 1.165) is 23.1 Å². The van der Waals surface area contributed by atoms with E-state index in [-0.39, 0.29) is 5.41 Å². The molecule has 1 aliphatic carbocycles. The monoisotopic (exact) mass is 279 g/mol. The topological polar surface area (TPSA) is 33.0 Å². The number of benzene rings is 1. The first-order valence-electron chi connectivity index (χ1n) is 5.43. The van der Waals surface area contributed by atoms with E-state index in [1.54, 1.807) is 0 Å². The van der Waals surface area contributed by atoms with Crippen molar-refractivity contribution in [3.05, 3.63) is 28.7 Å². The van der Waals surface area contributed by atoms with Gasteiger partial charge in [0, 0.05) is 4.47 Å². The molecule has 0 bridgehead atoms. The lowest BCUT2D eigenvalue weighted by atomic mass is 9.64. The molecule has 1 aromatic carbocycles. The van der Waals surface area contributed by atoms with E-state index in [1.165, 1.54) is 0 Å². The van der Waals surface area contributed by atoms with Gasteiger partial charge in [0.15, 0.2) is 0 Å². The molecular formula is C13H14BrNO. The molecule has 1 fully saturated rings. The fraction of sp³-hybridized carbons (Fsp3) is 0.462. The molecule has 0 heterocycles. The Balaban J connectivity index is 1.92. The number of nitrogens with zero attached hydrogens (tertiary/aromatic N) is 1. The van der Waals surface area contributed by atoms with Crippen molar-refractivity contribution in [3.8, 4) is 11.8 Å². The molecule has 84 valence electrons. The Labute approximate surface area is 104 Å². The van der Waals surface area contributed by atoms with E-state index >= 15 is 0 Å². The molecule has 2 nitrogen and oxygen atoms in total. The van der Waals surface area contributed by atoms with E-state index in [2.05, 4.69) is 28.9 Å². The second-order valence-corrected chi connectivity index (χ2v) is 5.56. The van der Waals surface area contributed by atoms with Crippen LogP contribution in [0.5, 0.6) is 5.75 Å². The summed E-state index contributed by atoms with van der Waals surface area (Å²) in [7, 11) is 0. The van der Waals surface area contributed by atoms with Gasteiger partial charge < -0.3 is 4.74 Å². The van der Waals surface area contributed by atoms with Gasteiger partial charge in [0.25, 0.3) is 0 Å². The molecule has 0 spiro atoms. The van der Waals surface area contributed by atoms with Crippen LogP contribution in [0.3, 0.4) is 0 Å². The van der Waals surface area contributed by atoms with Crippen molar-refractivity contribution >= 4 is 15.9 Å². The molecule has 0 saturated heterocycles. The summed E-state index contributed by atoms with van der Waals surface area (Å²) in [6.45, 7) is 2.69. The van der Waals surface area contributed by atoms with Crippen molar-refractivity contribution in [1.29, 1.82) is 5.26 Å². The maximum Gasteiger partial charge on any atom is 0.119 e. The average molecular weight is 280 g/mol. The van der Waals surface area contributed by atoms with Gasteiger partial charge in [-0.15, -0.1) is 0 Å². The zero-order valence-electron chi connectivity index (χ0n) is 9.24. The third kappa shape index (κ3) is 2.38. The van der Waals surface area contributed by atoms with Crippen LogP contribution in [0.4, 0.5) is 0 Å². The van der Waals surface area contributed by atoms with Crippen LogP contribution in [-0.2, 0) is 0 Å². The third-order valence-corrected chi connectivity index (χ3v) is 3.57. The molecular weight excluding hydrogens is 266 g/mol. The van der Waals surface area contributed by atoms with Crippen LogP contribution in [0.1, 0.15) is 19.8 Å². The summed E-state index contributed by atoms with van der Waals surface area (Å²) >= 11 is 3.37.